The summed E-state index contributed by atoms with van der Waals surface area (Å²) in [6.45, 7) is 2.94. The number of anilines is 2. The van der Waals surface area contributed by atoms with Crippen LogP contribution in [0.25, 0.3) is 0 Å². The number of benzene rings is 2. The third kappa shape index (κ3) is 5.45. The summed E-state index contributed by atoms with van der Waals surface area (Å²) in [7, 11) is 0. The zero-order valence-electron chi connectivity index (χ0n) is 12.7. The van der Waals surface area contributed by atoms with Gasteiger partial charge in [-0.1, -0.05) is 11.6 Å². The summed E-state index contributed by atoms with van der Waals surface area (Å²) in [6.07, 6.45) is 0.280. The van der Waals surface area contributed by atoms with Crippen molar-refractivity contribution >= 4 is 28.9 Å². The number of amides is 1. The van der Waals surface area contributed by atoms with E-state index in [9.17, 15) is 9.18 Å². The van der Waals surface area contributed by atoms with Gasteiger partial charge in [-0.25, -0.2) is 4.39 Å². The van der Waals surface area contributed by atoms with Gasteiger partial charge in [0.1, 0.15) is 11.6 Å². The maximum absolute atomic E-state index is 13.0. The van der Waals surface area contributed by atoms with E-state index in [0.29, 0.717) is 24.5 Å². The van der Waals surface area contributed by atoms with E-state index in [-0.39, 0.29) is 17.4 Å². The van der Waals surface area contributed by atoms with Crippen molar-refractivity contribution in [3.05, 3.63) is 53.3 Å². The van der Waals surface area contributed by atoms with Crippen molar-refractivity contribution in [2.45, 2.75) is 13.3 Å². The van der Waals surface area contributed by atoms with Crippen molar-refractivity contribution in [3.8, 4) is 5.75 Å². The first kappa shape index (κ1) is 17.1. The second-order valence-corrected chi connectivity index (χ2v) is 5.22. The molecule has 0 saturated heterocycles. The number of hydrogen-bond acceptors (Lipinski definition) is 3. The molecule has 0 unspecified atom stereocenters. The predicted octanol–water partition coefficient (Wildman–Crippen LogP) is 4.32. The molecule has 0 aliphatic rings. The second-order valence-electron chi connectivity index (χ2n) is 4.81. The van der Waals surface area contributed by atoms with Gasteiger partial charge in [0.2, 0.25) is 5.91 Å². The standard InChI is InChI=1S/C17H18ClFN2O2/c1-2-23-14-6-3-12(4-7-14)21-17(22)9-10-20-13-5-8-16(19)15(18)11-13/h3-8,11,20H,2,9-10H2,1H3,(H,21,22). The Bertz CT molecular complexity index is 662. The van der Waals surface area contributed by atoms with Gasteiger partial charge in [0.05, 0.1) is 11.6 Å². The number of carbonyl (C=O) groups excluding carboxylic acids is 1. The molecule has 0 saturated carbocycles. The summed E-state index contributed by atoms with van der Waals surface area (Å²) < 4.78 is 18.4. The minimum atomic E-state index is -0.467. The lowest BCUT2D eigenvalue weighted by atomic mass is 10.2. The van der Waals surface area contributed by atoms with Crippen LogP contribution in [0.1, 0.15) is 13.3 Å². The average molecular weight is 337 g/mol. The molecule has 0 aliphatic heterocycles. The van der Waals surface area contributed by atoms with Crippen molar-refractivity contribution in [1.82, 2.24) is 0 Å². The van der Waals surface area contributed by atoms with E-state index in [0.717, 1.165) is 5.75 Å². The zero-order valence-corrected chi connectivity index (χ0v) is 13.5. The number of carbonyl (C=O) groups is 1. The van der Waals surface area contributed by atoms with E-state index in [1.165, 1.54) is 12.1 Å². The molecule has 0 aliphatic carbocycles. The molecule has 0 fully saturated rings. The molecule has 0 heterocycles. The largest absolute Gasteiger partial charge is 0.494 e. The molecular weight excluding hydrogens is 319 g/mol. The Hall–Kier alpha value is -2.27. The topological polar surface area (TPSA) is 50.4 Å². The van der Waals surface area contributed by atoms with Crippen molar-refractivity contribution < 1.29 is 13.9 Å². The number of nitrogens with one attached hydrogen (secondary N) is 2. The quantitative estimate of drug-likeness (QED) is 0.791. The van der Waals surface area contributed by atoms with Gasteiger partial charge in [-0.05, 0) is 49.4 Å². The second kappa shape index (κ2) is 8.39. The number of ether oxygens (including phenoxy) is 1. The van der Waals surface area contributed by atoms with Crippen LogP contribution >= 0.6 is 11.6 Å². The van der Waals surface area contributed by atoms with Gasteiger partial charge < -0.3 is 15.4 Å². The molecule has 2 aromatic rings. The number of halogens is 2. The van der Waals surface area contributed by atoms with E-state index in [2.05, 4.69) is 10.6 Å². The Balaban J connectivity index is 1.77. The minimum absolute atomic E-state index is 0.0499. The Morgan fingerprint density at radius 2 is 1.87 bits per heavy atom. The first-order valence-electron chi connectivity index (χ1n) is 7.30. The molecule has 23 heavy (non-hydrogen) atoms. The SMILES string of the molecule is CCOc1ccc(NC(=O)CCNc2ccc(F)c(Cl)c2)cc1. The van der Waals surface area contributed by atoms with Crippen molar-refractivity contribution in [1.29, 1.82) is 0 Å². The van der Waals surface area contributed by atoms with E-state index in [4.69, 9.17) is 16.3 Å². The highest BCUT2D eigenvalue weighted by Crippen LogP contribution is 2.19. The highest BCUT2D eigenvalue weighted by Gasteiger charge is 2.04. The Kier molecular flexibility index (Phi) is 6.23. The molecule has 1 amide bonds. The fraction of sp³-hybridized carbons (Fsp3) is 0.235. The van der Waals surface area contributed by atoms with E-state index in [1.54, 1.807) is 30.3 Å². The van der Waals surface area contributed by atoms with Gasteiger partial charge in [-0.3, -0.25) is 4.79 Å². The minimum Gasteiger partial charge on any atom is -0.494 e. The fourth-order valence-electron chi connectivity index (χ4n) is 1.95. The fourth-order valence-corrected chi connectivity index (χ4v) is 2.13. The van der Waals surface area contributed by atoms with Crippen LogP contribution < -0.4 is 15.4 Å². The molecule has 2 N–H and O–H groups in total. The molecule has 2 rings (SSSR count). The van der Waals surface area contributed by atoms with E-state index >= 15 is 0 Å². The summed E-state index contributed by atoms with van der Waals surface area (Å²) in [5.41, 5.74) is 1.38. The van der Waals surface area contributed by atoms with Crippen LogP contribution in [0.4, 0.5) is 15.8 Å². The third-order valence-electron chi connectivity index (χ3n) is 3.05. The lowest BCUT2D eigenvalue weighted by molar-refractivity contribution is -0.115. The molecule has 0 spiro atoms. The zero-order chi connectivity index (χ0) is 16.7. The summed E-state index contributed by atoms with van der Waals surface area (Å²) in [5, 5.41) is 5.87. The number of hydrogen-bond donors (Lipinski definition) is 2. The number of rotatable bonds is 7. The van der Waals surface area contributed by atoms with Crippen LogP contribution in [0.3, 0.4) is 0 Å². The maximum Gasteiger partial charge on any atom is 0.226 e. The molecular formula is C17H18ClFN2O2. The average Bonchev–Trinajstić information content (AvgIpc) is 2.53. The molecule has 122 valence electrons. The van der Waals surface area contributed by atoms with Gasteiger partial charge in [0.15, 0.2) is 0 Å². The van der Waals surface area contributed by atoms with Crippen molar-refractivity contribution in [2.24, 2.45) is 0 Å². The molecule has 2 aromatic carbocycles. The van der Waals surface area contributed by atoms with Gasteiger partial charge in [-0.2, -0.15) is 0 Å². The Morgan fingerprint density at radius 3 is 2.52 bits per heavy atom. The van der Waals surface area contributed by atoms with Crippen LogP contribution in [0, 0.1) is 5.82 Å². The summed E-state index contributed by atoms with van der Waals surface area (Å²) in [4.78, 5) is 11.9. The Labute approximate surface area is 139 Å². The van der Waals surface area contributed by atoms with Gasteiger partial charge in [-0.15, -0.1) is 0 Å². The highest BCUT2D eigenvalue weighted by molar-refractivity contribution is 6.31. The molecule has 6 heteroatoms. The van der Waals surface area contributed by atoms with Crippen LogP contribution in [0.2, 0.25) is 5.02 Å². The van der Waals surface area contributed by atoms with E-state index in [1.807, 2.05) is 6.92 Å². The first-order valence-corrected chi connectivity index (χ1v) is 7.68. The van der Waals surface area contributed by atoms with Crippen molar-refractivity contribution in [2.75, 3.05) is 23.8 Å². The van der Waals surface area contributed by atoms with Crippen LogP contribution in [-0.2, 0) is 4.79 Å². The van der Waals surface area contributed by atoms with Crippen LogP contribution in [-0.4, -0.2) is 19.1 Å². The normalized spacial score (nSPS) is 10.2. The highest BCUT2D eigenvalue weighted by atomic mass is 35.5. The predicted molar refractivity (Wildman–Crippen MR) is 90.8 cm³/mol. The van der Waals surface area contributed by atoms with Gasteiger partial charge in [0.25, 0.3) is 0 Å². The molecule has 0 atom stereocenters. The lowest BCUT2D eigenvalue weighted by Crippen LogP contribution is -2.16. The Morgan fingerprint density at radius 1 is 1.17 bits per heavy atom. The summed E-state index contributed by atoms with van der Waals surface area (Å²) in [6, 6.07) is 11.5. The van der Waals surface area contributed by atoms with Gasteiger partial charge in [0, 0.05) is 24.3 Å². The van der Waals surface area contributed by atoms with Crippen LogP contribution in [0.15, 0.2) is 42.5 Å². The smallest absolute Gasteiger partial charge is 0.226 e. The molecule has 0 radical (unpaired) electrons. The molecule has 0 bridgehead atoms. The van der Waals surface area contributed by atoms with Crippen LogP contribution in [0.5, 0.6) is 5.75 Å². The molecule has 0 aromatic heterocycles. The first-order chi connectivity index (χ1) is 11.1. The molecule has 4 nitrogen and oxygen atoms in total. The monoisotopic (exact) mass is 336 g/mol. The van der Waals surface area contributed by atoms with Gasteiger partial charge >= 0.3 is 0 Å². The maximum atomic E-state index is 13.0. The van der Waals surface area contributed by atoms with Crippen molar-refractivity contribution in [3.63, 3.8) is 0 Å². The summed E-state index contributed by atoms with van der Waals surface area (Å²) in [5.74, 6) is 0.181. The summed E-state index contributed by atoms with van der Waals surface area (Å²) >= 11 is 5.69. The lowest BCUT2D eigenvalue weighted by Gasteiger charge is -2.09. The van der Waals surface area contributed by atoms with E-state index < -0.39 is 5.82 Å². The third-order valence-corrected chi connectivity index (χ3v) is 3.34.